The average molecular weight is 327 g/mol. The van der Waals surface area contributed by atoms with Crippen molar-refractivity contribution in [2.75, 3.05) is 6.54 Å². The Labute approximate surface area is 147 Å². The van der Waals surface area contributed by atoms with Gasteiger partial charge in [-0.2, -0.15) is 0 Å². The third-order valence-corrected chi connectivity index (χ3v) is 4.31. The van der Waals surface area contributed by atoms with Gasteiger partial charge in [-0.1, -0.05) is 49.7 Å². The van der Waals surface area contributed by atoms with Crippen molar-refractivity contribution in [2.45, 2.75) is 19.8 Å². The maximum absolute atomic E-state index is 12.7. The van der Waals surface area contributed by atoms with Crippen molar-refractivity contribution in [3.05, 3.63) is 76.3 Å². The number of carbonyl (C=O) groups excluding carboxylic acids is 1. The Kier molecular flexibility index (Phi) is 4.64. The van der Waals surface area contributed by atoms with E-state index in [0.717, 1.165) is 35.1 Å². The summed E-state index contributed by atoms with van der Waals surface area (Å²) in [5.74, 6) is -0.123. The van der Waals surface area contributed by atoms with E-state index in [1.54, 1.807) is 12.1 Å². The second-order valence-corrected chi connectivity index (χ2v) is 5.83. The topological polar surface area (TPSA) is 57.2 Å². The minimum Gasteiger partial charge on any atom is -0.352 e. The smallest absolute Gasteiger partial charge is 0.270 e. The predicted molar refractivity (Wildman–Crippen MR) is 97.4 cm³/mol. The molecule has 0 unspecified atom stereocenters. The quantitative estimate of drug-likeness (QED) is 0.439. The molecule has 3 rings (SSSR count). The van der Waals surface area contributed by atoms with E-state index in [0.29, 0.717) is 17.7 Å². The molecule has 0 radical (unpaired) electrons. The van der Waals surface area contributed by atoms with Crippen LogP contribution in [0.3, 0.4) is 0 Å². The number of nitrogens with one attached hydrogen (secondary N) is 1. The Bertz CT molecular complexity index is 942. The van der Waals surface area contributed by atoms with Crippen molar-refractivity contribution < 1.29 is 4.79 Å². The molecule has 0 saturated heterocycles. The van der Waals surface area contributed by atoms with E-state index in [1.165, 1.54) is 0 Å². The van der Waals surface area contributed by atoms with Crippen LogP contribution in [0.2, 0.25) is 0 Å². The summed E-state index contributed by atoms with van der Waals surface area (Å²) in [6.07, 6.45) is 1.94. The maximum Gasteiger partial charge on any atom is 0.270 e. The molecule has 4 heteroatoms. The van der Waals surface area contributed by atoms with Crippen LogP contribution in [-0.2, 0) is 0 Å². The predicted octanol–water partition coefficient (Wildman–Crippen LogP) is 4.40. The number of unbranched alkanes of at least 4 members (excludes halogenated alkanes) is 1. The standard InChI is InChI=1S/C21H17N3O/c1-3-4-12-24-21(25)17-11-7-10-16-19(17)14-8-5-6-9-15(14)20(16)18(13-22)23-2/h5-11H,3-4,12H2,1H3,(H,24,25)/b20-18+. The molecule has 1 aliphatic carbocycles. The summed E-state index contributed by atoms with van der Waals surface area (Å²) in [4.78, 5) is 16.0. The van der Waals surface area contributed by atoms with Crippen molar-refractivity contribution in [3.8, 4) is 17.2 Å². The highest BCUT2D eigenvalue weighted by Crippen LogP contribution is 2.47. The molecular formula is C21H17N3O. The van der Waals surface area contributed by atoms with Crippen LogP contribution in [0.5, 0.6) is 0 Å². The third-order valence-electron chi connectivity index (χ3n) is 4.31. The van der Waals surface area contributed by atoms with Crippen molar-refractivity contribution in [2.24, 2.45) is 0 Å². The monoisotopic (exact) mass is 327 g/mol. The number of carbonyl (C=O) groups is 1. The maximum atomic E-state index is 12.7. The first-order chi connectivity index (χ1) is 12.2. The van der Waals surface area contributed by atoms with Gasteiger partial charge in [0.15, 0.2) is 0 Å². The van der Waals surface area contributed by atoms with Gasteiger partial charge < -0.3 is 5.32 Å². The van der Waals surface area contributed by atoms with Crippen LogP contribution >= 0.6 is 0 Å². The summed E-state index contributed by atoms with van der Waals surface area (Å²) in [6.45, 7) is 10.0. The van der Waals surface area contributed by atoms with E-state index >= 15 is 0 Å². The Morgan fingerprint density at radius 3 is 2.56 bits per heavy atom. The zero-order chi connectivity index (χ0) is 17.8. The van der Waals surface area contributed by atoms with Gasteiger partial charge in [-0.25, -0.2) is 10.1 Å². The minimum absolute atomic E-state index is 0.0507. The summed E-state index contributed by atoms with van der Waals surface area (Å²) < 4.78 is 0. The van der Waals surface area contributed by atoms with Crippen LogP contribution < -0.4 is 5.32 Å². The van der Waals surface area contributed by atoms with E-state index in [-0.39, 0.29) is 11.6 Å². The second kappa shape index (κ2) is 7.03. The molecule has 1 amide bonds. The molecule has 0 heterocycles. The summed E-state index contributed by atoms with van der Waals surface area (Å²) in [5.41, 5.74) is 4.55. The molecule has 1 aliphatic rings. The minimum atomic E-state index is -0.123. The van der Waals surface area contributed by atoms with Crippen LogP contribution in [0.4, 0.5) is 0 Å². The van der Waals surface area contributed by atoms with Gasteiger partial charge in [-0.15, -0.1) is 0 Å². The van der Waals surface area contributed by atoms with Crippen LogP contribution in [0.15, 0.2) is 48.2 Å². The summed E-state index contributed by atoms with van der Waals surface area (Å²) in [6, 6.07) is 15.1. The van der Waals surface area contributed by atoms with Gasteiger partial charge >= 0.3 is 0 Å². The molecule has 0 aliphatic heterocycles. The lowest BCUT2D eigenvalue weighted by Gasteiger charge is -2.10. The molecular weight excluding hydrogens is 310 g/mol. The number of benzene rings is 2. The molecule has 122 valence electrons. The highest BCUT2D eigenvalue weighted by Gasteiger charge is 2.29. The van der Waals surface area contributed by atoms with Gasteiger partial charge in [0.25, 0.3) is 11.6 Å². The molecule has 2 aromatic carbocycles. The molecule has 2 aromatic rings. The highest BCUT2D eigenvalue weighted by atomic mass is 16.1. The first-order valence-electron chi connectivity index (χ1n) is 8.26. The molecule has 0 atom stereocenters. The van der Waals surface area contributed by atoms with E-state index in [1.807, 2.05) is 36.4 Å². The third kappa shape index (κ3) is 2.79. The normalized spacial score (nSPS) is 13.2. The number of nitriles is 1. The summed E-state index contributed by atoms with van der Waals surface area (Å²) in [7, 11) is 0. The van der Waals surface area contributed by atoms with Crippen molar-refractivity contribution in [1.29, 1.82) is 5.26 Å². The van der Waals surface area contributed by atoms with E-state index in [2.05, 4.69) is 17.1 Å². The number of hydrogen-bond donors (Lipinski definition) is 1. The highest BCUT2D eigenvalue weighted by molar-refractivity contribution is 6.11. The summed E-state index contributed by atoms with van der Waals surface area (Å²) in [5, 5.41) is 12.3. The number of rotatable bonds is 4. The van der Waals surface area contributed by atoms with Crippen LogP contribution in [0, 0.1) is 17.9 Å². The first kappa shape index (κ1) is 16.5. The molecule has 4 nitrogen and oxygen atoms in total. The first-order valence-corrected chi connectivity index (χ1v) is 8.26. The lowest BCUT2D eigenvalue weighted by molar-refractivity contribution is 0.0954. The number of nitrogens with zero attached hydrogens (tertiary/aromatic N) is 2. The number of fused-ring (bicyclic) bond motifs is 3. The average Bonchev–Trinajstić information content (AvgIpc) is 2.98. The molecule has 25 heavy (non-hydrogen) atoms. The molecule has 1 N–H and O–H groups in total. The zero-order valence-electron chi connectivity index (χ0n) is 14.0. The number of amides is 1. The largest absolute Gasteiger partial charge is 0.352 e. The molecule has 0 spiro atoms. The Hall–Kier alpha value is -3.37. The van der Waals surface area contributed by atoms with Gasteiger partial charge in [0.1, 0.15) is 0 Å². The Morgan fingerprint density at radius 1 is 1.16 bits per heavy atom. The lowest BCUT2D eigenvalue weighted by atomic mass is 9.98. The van der Waals surface area contributed by atoms with Gasteiger partial charge in [-0.3, -0.25) is 4.79 Å². The van der Waals surface area contributed by atoms with Gasteiger partial charge in [0.05, 0.1) is 12.6 Å². The fraction of sp³-hybridized carbons (Fsp3) is 0.190. The molecule has 0 fully saturated rings. The van der Waals surface area contributed by atoms with E-state index in [4.69, 9.17) is 6.57 Å². The number of hydrogen-bond acceptors (Lipinski definition) is 2. The zero-order valence-corrected chi connectivity index (χ0v) is 14.0. The van der Waals surface area contributed by atoms with E-state index < -0.39 is 0 Å². The summed E-state index contributed by atoms with van der Waals surface area (Å²) >= 11 is 0. The Morgan fingerprint density at radius 2 is 1.88 bits per heavy atom. The fourth-order valence-corrected chi connectivity index (χ4v) is 3.17. The van der Waals surface area contributed by atoms with Gasteiger partial charge in [-0.05, 0) is 29.2 Å². The van der Waals surface area contributed by atoms with Crippen molar-refractivity contribution in [3.63, 3.8) is 0 Å². The van der Waals surface area contributed by atoms with Crippen LogP contribution in [0.1, 0.15) is 41.3 Å². The molecule has 0 saturated carbocycles. The molecule has 0 aromatic heterocycles. The molecule has 0 bridgehead atoms. The lowest BCUT2D eigenvalue weighted by Crippen LogP contribution is -2.24. The Balaban J connectivity index is 2.21. The van der Waals surface area contributed by atoms with Crippen LogP contribution in [-0.4, -0.2) is 12.5 Å². The van der Waals surface area contributed by atoms with Crippen LogP contribution in [0.25, 0.3) is 21.5 Å². The fourth-order valence-electron chi connectivity index (χ4n) is 3.17. The number of allylic oxidation sites excluding steroid dienone is 1. The second-order valence-electron chi connectivity index (χ2n) is 5.83. The van der Waals surface area contributed by atoms with Crippen molar-refractivity contribution in [1.82, 2.24) is 5.32 Å². The van der Waals surface area contributed by atoms with Gasteiger partial charge in [0, 0.05) is 23.2 Å². The SMILES string of the molecule is [C-]#[N+]/C(C#N)=C1\c2ccccc2-c2c(C(=O)NCCCC)cccc21. The van der Waals surface area contributed by atoms with E-state index in [9.17, 15) is 10.1 Å². The van der Waals surface area contributed by atoms with Gasteiger partial charge in [0.2, 0.25) is 0 Å². The van der Waals surface area contributed by atoms with Crippen molar-refractivity contribution >= 4 is 11.5 Å².